The molecule has 0 aromatic rings. The summed E-state index contributed by atoms with van der Waals surface area (Å²) in [6.07, 6.45) is 10.6. The lowest BCUT2D eigenvalue weighted by molar-refractivity contribution is -0.173. The Labute approximate surface area is 121 Å². The van der Waals surface area contributed by atoms with Crippen LogP contribution in [0.2, 0.25) is 0 Å². The number of hydrogen-bond donors (Lipinski definition) is 0. The lowest BCUT2D eigenvalue weighted by Crippen LogP contribution is -2.17. The van der Waals surface area contributed by atoms with Gasteiger partial charge in [-0.15, -0.1) is 0 Å². The smallest absolute Gasteiger partial charge is 0.337 e. The van der Waals surface area contributed by atoms with E-state index in [1.54, 1.807) is 6.92 Å². The van der Waals surface area contributed by atoms with Gasteiger partial charge >= 0.3 is 11.9 Å². The molecule has 0 N–H and O–H groups in total. The van der Waals surface area contributed by atoms with E-state index in [0.717, 1.165) is 12.8 Å². The van der Waals surface area contributed by atoms with E-state index >= 15 is 0 Å². The van der Waals surface area contributed by atoms with Gasteiger partial charge in [0.15, 0.2) is 0 Å². The summed E-state index contributed by atoms with van der Waals surface area (Å²) >= 11 is 0. The van der Waals surface area contributed by atoms with Crippen LogP contribution in [0.15, 0.2) is 11.6 Å². The third kappa shape index (κ3) is 6.73. The molecule has 0 amide bonds. The van der Waals surface area contributed by atoms with Gasteiger partial charge in [-0.05, 0) is 13.3 Å². The molecule has 0 spiro atoms. The summed E-state index contributed by atoms with van der Waals surface area (Å²) in [5.74, 6) is -0.699. The molecule has 0 radical (unpaired) electrons. The summed E-state index contributed by atoms with van der Waals surface area (Å²) < 4.78 is 9.91. The van der Waals surface area contributed by atoms with Crippen LogP contribution in [-0.4, -0.2) is 18.2 Å². The number of carbonyl (C=O) groups is 2. The van der Waals surface area contributed by atoms with Crippen molar-refractivity contribution in [2.45, 2.75) is 77.9 Å². The van der Waals surface area contributed by atoms with E-state index in [4.69, 9.17) is 9.47 Å². The van der Waals surface area contributed by atoms with Crippen LogP contribution in [0.25, 0.3) is 0 Å². The van der Waals surface area contributed by atoms with E-state index in [1.807, 2.05) is 0 Å². The fourth-order valence-electron chi connectivity index (χ4n) is 2.15. The van der Waals surface area contributed by atoms with Crippen LogP contribution in [0, 0.1) is 0 Å². The molecule has 0 aliphatic carbocycles. The summed E-state index contributed by atoms with van der Waals surface area (Å²) in [6, 6.07) is 0. The molecule has 0 fully saturated rings. The van der Waals surface area contributed by atoms with Gasteiger partial charge in [0.05, 0.1) is 0 Å². The highest BCUT2D eigenvalue weighted by molar-refractivity contribution is 5.90. The Morgan fingerprint density at radius 1 is 1.15 bits per heavy atom. The van der Waals surface area contributed by atoms with Crippen LogP contribution in [0.4, 0.5) is 0 Å². The summed E-state index contributed by atoms with van der Waals surface area (Å²) in [5, 5.41) is 0. The fraction of sp³-hybridized carbons (Fsp3) is 0.750. The van der Waals surface area contributed by atoms with Crippen molar-refractivity contribution < 1.29 is 19.1 Å². The monoisotopic (exact) mass is 282 g/mol. The topological polar surface area (TPSA) is 52.6 Å². The fourth-order valence-corrected chi connectivity index (χ4v) is 2.15. The molecule has 0 saturated carbocycles. The number of cyclic esters (lactones) is 1. The molecule has 0 aromatic carbocycles. The number of unbranched alkanes of at least 4 members (excludes halogenated alkanes) is 7. The molecule has 1 aliphatic rings. The van der Waals surface area contributed by atoms with E-state index in [-0.39, 0.29) is 5.97 Å². The van der Waals surface area contributed by atoms with Crippen molar-refractivity contribution in [1.82, 2.24) is 0 Å². The first-order chi connectivity index (χ1) is 9.63. The van der Waals surface area contributed by atoms with Gasteiger partial charge in [0, 0.05) is 18.1 Å². The zero-order valence-electron chi connectivity index (χ0n) is 12.7. The largest absolute Gasteiger partial charge is 0.421 e. The average Bonchev–Trinajstić information content (AvgIpc) is 2.71. The number of carbonyl (C=O) groups excluding carboxylic acids is 2. The van der Waals surface area contributed by atoms with Crippen LogP contribution >= 0.6 is 0 Å². The predicted octanol–water partition coefficient (Wildman–Crippen LogP) is 3.89. The highest BCUT2D eigenvalue weighted by atomic mass is 16.7. The van der Waals surface area contributed by atoms with Gasteiger partial charge in [0.1, 0.15) is 0 Å². The first-order valence-electron chi connectivity index (χ1n) is 7.72. The summed E-state index contributed by atoms with van der Waals surface area (Å²) in [7, 11) is 0. The zero-order chi connectivity index (χ0) is 14.8. The molecule has 0 bridgehead atoms. The molecular weight excluding hydrogens is 256 g/mol. The second kappa shape index (κ2) is 9.56. The number of rotatable bonds is 10. The highest BCUT2D eigenvalue weighted by Gasteiger charge is 2.24. The Bertz CT molecular complexity index is 346. The van der Waals surface area contributed by atoms with E-state index in [9.17, 15) is 9.59 Å². The van der Waals surface area contributed by atoms with E-state index < -0.39 is 12.3 Å². The zero-order valence-corrected chi connectivity index (χ0v) is 12.7. The Hall–Kier alpha value is -1.32. The molecule has 114 valence electrons. The second-order valence-electron chi connectivity index (χ2n) is 5.34. The van der Waals surface area contributed by atoms with Gasteiger partial charge in [-0.25, -0.2) is 4.79 Å². The Morgan fingerprint density at radius 3 is 2.30 bits per heavy atom. The number of hydrogen-bond acceptors (Lipinski definition) is 4. The van der Waals surface area contributed by atoms with Crippen LogP contribution in [-0.2, 0) is 19.1 Å². The van der Waals surface area contributed by atoms with Gasteiger partial charge in [0.25, 0.3) is 6.29 Å². The highest BCUT2D eigenvalue weighted by Crippen LogP contribution is 2.15. The van der Waals surface area contributed by atoms with Crippen LogP contribution in [0.3, 0.4) is 0 Å². The van der Waals surface area contributed by atoms with Crippen LogP contribution in [0.5, 0.6) is 0 Å². The lowest BCUT2D eigenvalue weighted by Gasteiger charge is -2.09. The minimum Gasteiger partial charge on any atom is -0.421 e. The predicted molar refractivity (Wildman–Crippen MR) is 77.0 cm³/mol. The normalized spacial score (nSPS) is 17.8. The first kappa shape index (κ1) is 16.7. The summed E-state index contributed by atoms with van der Waals surface area (Å²) in [6.45, 7) is 3.86. The maximum Gasteiger partial charge on any atom is 0.337 e. The van der Waals surface area contributed by atoms with Gasteiger partial charge < -0.3 is 9.47 Å². The van der Waals surface area contributed by atoms with Crippen molar-refractivity contribution in [3.8, 4) is 0 Å². The average molecular weight is 282 g/mol. The lowest BCUT2D eigenvalue weighted by atomic mass is 10.1. The summed E-state index contributed by atoms with van der Waals surface area (Å²) in [4.78, 5) is 22.6. The molecule has 0 saturated heterocycles. The van der Waals surface area contributed by atoms with Crippen LogP contribution < -0.4 is 0 Å². The van der Waals surface area contributed by atoms with Crippen molar-refractivity contribution in [2.75, 3.05) is 0 Å². The Balaban J connectivity index is 1.97. The van der Waals surface area contributed by atoms with Crippen molar-refractivity contribution in [2.24, 2.45) is 0 Å². The molecule has 1 aliphatic heterocycles. The molecule has 20 heavy (non-hydrogen) atoms. The minimum absolute atomic E-state index is 0.292. The standard InChI is InChI=1S/C16H26O4/c1-3-4-5-6-7-8-9-10-11-14(17)19-15-12-13(2)16(18)20-15/h12,15H,3-11H2,1-2H3. The minimum atomic E-state index is -0.816. The number of ether oxygens (including phenoxy) is 2. The van der Waals surface area contributed by atoms with Gasteiger partial charge in [-0.3, -0.25) is 4.79 Å². The number of esters is 2. The molecule has 0 aromatic heterocycles. The second-order valence-corrected chi connectivity index (χ2v) is 5.34. The van der Waals surface area contributed by atoms with Gasteiger partial charge in [0.2, 0.25) is 0 Å². The first-order valence-corrected chi connectivity index (χ1v) is 7.72. The molecule has 1 unspecified atom stereocenters. The molecule has 1 atom stereocenters. The molecule has 4 heteroatoms. The van der Waals surface area contributed by atoms with Crippen molar-refractivity contribution in [1.29, 1.82) is 0 Å². The van der Waals surface area contributed by atoms with E-state index in [1.165, 1.54) is 44.6 Å². The van der Waals surface area contributed by atoms with Gasteiger partial charge in [-0.1, -0.05) is 51.9 Å². The SMILES string of the molecule is CCCCCCCCCCC(=O)OC1C=C(C)C(=O)O1. The molecule has 4 nitrogen and oxygen atoms in total. The molecule has 1 rings (SSSR count). The van der Waals surface area contributed by atoms with E-state index in [0.29, 0.717) is 12.0 Å². The summed E-state index contributed by atoms with van der Waals surface area (Å²) in [5.41, 5.74) is 0.495. The van der Waals surface area contributed by atoms with Crippen molar-refractivity contribution in [3.63, 3.8) is 0 Å². The third-order valence-electron chi connectivity index (χ3n) is 3.41. The molecular formula is C16H26O4. The molecule has 1 heterocycles. The maximum absolute atomic E-state index is 11.5. The Kier molecular flexibility index (Phi) is 8.00. The quantitative estimate of drug-likeness (QED) is 0.450. The Morgan fingerprint density at radius 2 is 1.75 bits per heavy atom. The van der Waals surface area contributed by atoms with Crippen molar-refractivity contribution in [3.05, 3.63) is 11.6 Å². The van der Waals surface area contributed by atoms with Crippen LogP contribution in [0.1, 0.15) is 71.6 Å². The maximum atomic E-state index is 11.5. The third-order valence-corrected chi connectivity index (χ3v) is 3.41. The van der Waals surface area contributed by atoms with E-state index in [2.05, 4.69) is 6.92 Å². The van der Waals surface area contributed by atoms with Gasteiger partial charge in [-0.2, -0.15) is 0 Å². The van der Waals surface area contributed by atoms with Crippen molar-refractivity contribution >= 4 is 11.9 Å².